The molecule has 0 bridgehead atoms. The molecule has 0 fully saturated rings. The highest BCUT2D eigenvalue weighted by Crippen LogP contribution is 2.28. The van der Waals surface area contributed by atoms with Crippen LogP contribution in [0, 0.1) is 12.7 Å². The first kappa shape index (κ1) is 19.3. The molecule has 0 spiro atoms. The lowest BCUT2D eigenvalue weighted by molar-refractivity contribution is 0.0476. The van der Waals surface area contributed by atoms with Gasteiger partial charge in [-0.1, -0.05) is 5.16 Å². The molecule has 0 aliphatic heterocycles. The molecular weight excluding hydrogens is 395 g/mol. The molecular formula is C21H15FN2O6. The highest BCUT2D eigenvalue weighted by molar-refractivity contribution is 6.05. The molecule has 0 unspecified atom stereocenters. The second-order valence-corrected chi connectivity index (χ2v) is 6.33. The number of carbonyl (C=O) groups is 2. The smallest absolute Gasteiger partial charge is 0.339 e. The molecule has 1 aromatic carbocycles. The third-order valence-electron chi connectivity index (χ3n) is 4.42. The van der Waals surface area contributed by atoms with Gasteiger partial charge in [-0.2, -0.15) is 0 Å². The van der Waals surface area contributed by atoms with Crippen LogP contribution in [-0.2, 0) is 4.74 Å². The average molecular weight is 410 g/mol. The maximum absolute atomic E-state index is 13.8. The second kappa shape index (κ2) is 7.78. The highest BCUT2D eigenvalue weighted by Gasteiger charge is 2.22. The van der Waals surface area contributed by atoms with Gasteiger partial charge in [0, 0.05) is 5.56 Å². The Kier molecular flexibility index (Phi) is 5.01. The van der Waals surface area contributed by atoms with Crippen LogP contribution in [0.3, 0.4) is 0 Å². The number of ketones is 1. The zero-order valence-corrected chi connectivity index (χ0v) is 16.0. The number of nitrogens with zero attached hydrogens (tertiary/aromatic N) is 2. The van der Waals surface area contributed by atoms with Gasteiger partial charge in [0.25, 0.3) is 5.71 Å². The number of hydrogen-bond donors (Lipinski definition) is 0. The molecule has 30 heavy (non-hydrogen) atoms. The van der Waals surface area contributed by atoms with Gasteiger partial charge < -0.3 is 18.4 Å². The number of esters is 1. The highest BCUT2D eigenvalue weighted by atomic mass is 19.1. The molecule has 0 saturated carbocycles. The number of methoxy groups -OCH3 is 1. The van der Waals surface area contributed by atoms with E-state index in [2.05, 4.69) is 10.1 Å². The fourth-order valence-corrected chi connectivity index (χ4v) is 2.94. The standard InChI is InChI=1S/C21H15FN2O6/c1-11-19-13(9-15(18-4-3-7-28-18)23-20(19)30-24-11)21(26)29-10-16(25)12-5-6-17(27-2)14(22)8-12/h3-9H,10H2,1-2H3. The molecule has 4 rings (SSSR count). The van der Waals surface area contributed by atoms with E-state index in [1.54, 1.807) is 19.1 Å². The van der Waals surface area contributed by atoms with Gasteiger partial charge in [-0.15, -0.1) is 0 Å². The molecule has 0 atom stereocenters. The number of furan rings is 1. The third kappa shape index (κ3) is 3.52. The predicted octanol–water partition coefficient (Wildman–Crippen LogP) is 3.98. The van der Waals surface area contributed by atoms with Crippen molar-refractivity contribution in [1.29, 1.82) is 0 Å². The molecule has 0 saturated heterocycles. The van der Waals surface area contributed by atoms with Crippen LogP contribution in [0.15, 0.2) is 51.6 Å². The van der Waals surface area contributed by atoms with Crippen molar-refractivity contribution in [3.8, 4) is 17.2 Å². The summed E-state index contributed by atoms with van der Waals surface area (Å²) in [4.78, 5) is 29.4. The summed E-state index contributed by atoms with van der Waals surface area (Å²) < 4.78 is 34.3. The molecule has 0 aliphatic rings. The van der Waals surface area contributed by atoms with Crippen molar-refractivity contribution >= 4 is 22.9 Å². The normalized spacial score (nSPS) is 10.9. The van der Waals surface area contributed by atoms with Crippen molar-refractivity contribution < 1.29 is 32.4 Å². The van der Waals surface area contributed by atoms with Crippen LogP contribution in [0.1, 0.15) is 26.4 Å². The van der Waals surface area contributed by atoms with E-state index in [1.165, 1.54) is 31.6 Å². The first-order chi connectivity index (χ1) is 14.5. The van der Waals surface area contributed by atoms with E-state index in [-0.39, 0.29) is 22.6 Å². The summed E-state index contributed by atoms with van der Waals surface area (Å²) in [5, 5.41) is 4.21. The summed E-state index contributed by atoms with van der Waals surface area (Å²) in [6.07, 6.45) is 1.47. The van der Waals surface area contributed by atoms with Crippen molar-refractivity contribution in [3.63, 3.8) is 0 Å². The topological polar surface area (TPSA) is 105 Å². The van der Waals surface area contributed by atoms with Gasteiger partial charge in [0.1, 0.15) is 5.69 Å². The minimum Gasteiger partial charge on any atom is -0.494 e. The number of rotatable bonds is 6. The Bertz CT molecular complexity index is 1250. The van der Waals surface area contributed by atoms with Crippen LogP contribution in [0.2, 0.25) is 0 Å². The number of carbonyl (C=O) groups excluding carboxylic acids is 2. The van der Waals surface area contributed by atoms with Crippen LogP contribution < -0.4 is 4.74 Å². The quantitative estimate of drug-likeness (QED) is 0.347. The van der Waals surface area contributed by atoms with E-state index in [0.29, 0.717) is 22.5 Å². The molecule has 9 heteroatoms. The van der Waals surface area contributed by atoms with Crippen LogP contribution in [0.5, 0.6) is 5.75 Å². The Morgan fingerprint density at radius 1 is 1.20 bits per heavy atom. The number of aromatic nitrogens is 2. The Morgan fingerprint density at radius 3 is 2.73 bits per heavy atom. The predicted molar refractivity (Wildman–Crippen MR) is 102 cm³/mol. The summed E-state index contributed by atoms with van der Waals surface area (Å²) in [5.41, 5.74) is 1.10. The van der Waals surface area contributed by atoms with E-state index in [9.17, 15) is 14.0 Å². The van der Waals surface area contributed by atoms with Gasteiger partial charge in [-0.3, -0.25) is 4.79 Å². The monoisotopic (exact) mass is 410 g/mol. The van der Waals surface area contributed by atoms with Crippen molar-refractivity contribution in [2.45, 2.75) is 6.92 Å². The maximum Gasteiger partial charge on any atom is 0.339 e. The minimum atomic E-state index is -0.774. The average Bonchev–Trinajstić information content (AvgIpc) is 3.41. The van der Waals surface area contributed by atoms with Gasteiger partial charge in [-0.25, -0.2) is 14.2 Å². The number of fused-ring (bicyclic) bond motifs is 1. The lowest BCUT2D eigenvalue weighted by Crippen LogP contribution is -2.15. The van der Waals surface area contributed by atoms with E-state index >= 15 is 0 Å². The number of hydrogen-bond acceptors (Lipinski definition) is 8. The molecule has 0 amide bonds. The number of ether oxygens (including phenoxy) is 2. The summed E-state index contributed by atoms with van der Waals surface area (Å²) in [6, 6.07) is 8.57. The maximum atomic E-state index is 13.8. The summed E-state index contributed by atoms with van der Waals surface area (Å²) in [7, 11) is 1.32. The Labute approximate surface area is 169 Å². The van der Waals surface area contributed by atoms with Crippen LogP contribution in [0.4, 0.5) is 4.39 Å². The minimum absolute atomic E-state index is 0.0103. The summed E-state index contributed by atoms with van der Waals surface area (Å²) in [5.74, 6) is -1.60. The van der Waals surface area contributed by atoms with Gasteiger partial charge in [-0.05, 0) is 43.3 Å². The Balaban J connectivity index is 1.59. The second-order valence-electron chi connectivity index (χ2n) is 6.33. The fourth-order valence-electron chi connectivity index (χ4n) is 2.94. The third-order valence-corrected chi connectivity index (χ3v) is 4.42. The van der Waals surface area contributed by atoms with E-state index in [1.807, 2.05) is 0 Å². The van der Waals surface area contributed by atoms with Crippen molar-refractivity contribution in [1.82, 2.24) is 10.1 Å². The molecule has 4 aromatic rings. The molecule has 0 aliphatic carbocycles. The SMILES string of the molecule is COc1ccc(C(=O)COC(=O)c2cc(-c3ccco3)nc3onc(C)c23)cc1F. The van der Waals surface area contributed by atoms with Gasteiger partial charge in [0.2, 0.25) is 0 Å². The number of aryl methyl sites for hydroxylation is 1. The molecule has 8 nitrogen and oxygen atoms in total. The largest absolute Gasteiger partial charge is 0.494 e. The number of benzene rings is 1. The lowest BCUT2D eigenvalue weighted by Gasteiger charge is -2.08. The number of halogens is 1. The van der Waals surface area contributed by atoms with E-state index in [4.69, 9.17) is 18.4 Å². The van der Waals surface area contributed by atoms with Crippen LogP contribution in [-0.4, -0.2) is 35.6 Å². The van der Waals surface area contributed by atoms with Crippen molar-refractivity contribution in [3.05, 3.63) is 65.3 Å². The number of pyridine rings is 1. The molecule has 0 N–H and O–H groups in total. The summed E-state index contributed by atoms with van der Waals surface area (Å²) >= 11 is 0. The molecule has 3 aromatic heterocycles. The Morgan fingerprint density at radius 2 is 2.03 bits per heavy atom. The number of Topliss-reactive ketones (excluding diaryl/α,β-unsaturated/α-hetero) is 1. The molecule has 0 radical (unpaired) electrons. The first-order valence-electron chi connectivity index (χ1n) is 8.82. The van der Waals surface area contributed by atoms with Crippen LogP contribution in [0.25, 0.3) is 22.6 Å². The first-order valence-corrected chi connectivity index (χ1v) is 8.82. The van der Waals surface area contributed by atoms with Crippen LogP contribution >= 0.6 is 0 Å². The van der Waals surface area contributed by atoms with E-state index in [0.717, 1.165) is 6.07 Å². The van der Waals surface area contributed by atoms with Crippen molar-refractivity contribution in [2.24, 2.45) is 0 Å². The van der Waals surface area contributed by atoms with Gasteiger partial charge in [0.15, 0.2) is 29.7 Å². The lowest BCUT2D eigenvalue weighted by atomic mass is 10.1. The zero-order valence-electron chi connectivity index (χ0n) is 16.0. The van der Waals surface area contributed by atoms with Crippen molar-refractivity contribution in [2.75, 3.05) is 13.7 Å². The van der Waals surface area contributed by atoms with Gasteiger partial charge in [0.05, 0.1) is 30.0 Å². The van der Waals surface area contributed by atoms with E-state index < -0.39 is 24.2 Å². The molecule has 3 heterocycles. The Hall–Kier alpha value is -4.01. The van der Waals surface area contributed by atoms with Gasteiger partial charge >= 0.3 is 5.97 Å². The fraction of sp³-hybridized carbons (Fsp3) is 0.143. The summed E-state index contributed by atoms with van der Waals surface area (Å²) in [6.45, 7) is 1.08. The molecule has 152 valence electrons. The zero-order chi connectivity index (χ0) is 21.3.